The number of ether oxygens (including phenoxy) is 1. The fourth-order valence-electron chi connectivity index (χ4n) is 2.86. The molecule has 3 unspecified atom stereocenters. The molecule has 0 radical (unpaired) electrons. The van der Waals surface area contributed by atoms with E-state index >= 15 is 0 Å². The Morgan fingerprint density at radius 2 is 2.10 bits per heavy atom. The summed E-state index contributed by atoms with van der Waals surface area (Å²) in [4.78, 5) is 34.9. The summed E-state index contributed by atoms with van der Waals surface area (Å²) in [6.45, 7) is 0. The minimum absolute atomic E-state index is 0.0230. The molecule has 0 amide bonds. The number of alkyl halides is 1. The average molecular weight is 401 g/mol. The third-order valence-electron chi connectivity index (χ3n) is 3.92. The van der Waals surface area contributed by atoms with Gasteiger partial charge in [-0.05, 0) is 0 Å². The number of fused-ring (bicyclic) bond motifs is 1. The second-order valence-electron chi connectivity index (χ2n) is 5.18. The van der Waals surface area contributed by atoms with E-state index in [1.165, 1.54) is 0 Å². The molecule has 6 heteroatoms. The van der Waals surface area contributed by atoms with Crippen molar-refractivity contribution in [3.63, 3.8) is 0 Å². The predicted octanol–water partition coefficient (Wildman–Crippen LogP) is -1.63. The average Bonchev–Trinajstić information content (AvgIpc) is 2.84. The number of halogens is 1. The van der Waals surface area contributed by atoms with Crippen LogP contribution in [0.4, 0.5) is 0 Å². The summed E-state index contributed by atoms with van der Waals surface area (Å²) >= 11 is -0.711. The molecule has 5 nitrogen and oxygen atoms in total. The van der Waals surface area contributed by atoms with Crippen molar-refractivity contribution in [2.24, 2.45) is 11.8 Å². The molecule has 0 bridgehead atoms. The molecule has 0 spiro atoms. The first-order chi connectivity index (χ1) is 10.2. The van der Waals surface area contributed by atoms with Crippen LogP contribution in [-0.2, 0) is 17.4 Å². The molecule has 0 aromatic heterocycles. The SMILES string of the molecule is O=C[C@H]1C(OC(=O)c2ccccc2)CC2[I-]OC(=O)CC21. The van der Waals surface area contributed by atoms with Gasteiger partial charge in [0.25, 0.3) is 0 Å². The van der Waals surface area contributed by atoms with E-state index in [-0.39, 0.29) is 22.2 Å². The summed E-state index contributed by atoms with van der Waals surface area (Å²) in [5, 5.41) is 0. The van der Waals surface area contributed by atoms with E-state index < -0.39 is 39.6 Å². The Balaban J connectivity index is 1.72. The maximum atomic E-state index is 12.1. The van der Waals surface area contributed by atoms with Gasteiger partial charge in [-0.25, -0.2) is 0 Å². The van der Waals surface area contributed by atoms with Gasteiger partial charge in [0.2, 0.25) is 0 Å². The van der Waals surface area contributed by atoms with Crippen molar-refractivity contribution in [3.8, 4) is 0 Å². The number of rotatable bonds is 3. The molecule has 2 aliphatic rings. The van der Waals surface area contributed by atoms with Gasteiger partial charge in [-0.2, -0.15) is 0 Å². The van der Waals surface area contributed by atoms with E-state index in [2.05, 4.69) is 0 Å². The Labute approximate surface area is 132 Å². The first-order valence-corrected chi connectivity index (χ1v) is 8.86. The molecule has 1 aliphatic carbocycles. The third-order valence-corrected chi connectivity index (χ3v) is 6.75. The molecule has 112 valence electrons. The molecule has 1 heterocycles. The normalized spacial score (nSPS) is 31.5. The van der Waals surface area contributed by atoms with E-state index in [1.54, 1.807) is 24.3 Å². The van der Waals surface area contributed by atoms with Gasteiger partial charge < -0.3 is 0 Å². The fraction of sp³-hybridized carbons (Fsp3) is 0.400. The zero-order valence-electron chi connectivity index (χ0n) is 11.1. The summed E-state index contributed by atoms with van der Waals surface area (Å²) < 4.78 is 10.9. The Kier molecular flexibility index (Phi) is 4.23. The zero-order valence-corrected chi connectivity index (χ0v) is 13.3. The molecule has 1 aromatic rings. The monoisotopic (exact) mass is 401 g/mol. The molecule has 4 atom stereocenters. The summed E-state index contributed by atoms with van der Waals surface area (Å²) in [6, 6.07) is 8.71. The second-order valence-corrected chi connectivity index (χ2v) is 7.73. The number of carbonyl (C=O) groups is 3. The molecule has 21 heavy (non-hydrogen) atoms. The van der Waals surface area contributed by atoms with Gasteiger partial charge in [0.05, 0.1) is 0 Å². The second kappa shape index (κ2) is 6.13. The van der Waals surface area contributed by atoms with Gasteiger partial charge in [0, 0.05) is 0 Å². The van der Waals surface area contributed by atoms with Gasteiger partial charge in [-0.1, -0.05) is 0 Å². The molecule has 1 aliphatic heterocycles. The number of aldehydes is 1. The standard InChI is InChI=1S/C15H14IO5/c17-8-11-10-6-14(18)21-16-12(10)7-13(11)20-15(19)9-4-2-1-3-5-9/h1-5,8,10-13H,6-7H2/q-1/t10?,11-,12?,13?/m1/s1. The van der Waals surface area contributed by atoms with Crippen molar-refractivity contribution in [1.29, 1.82) is 0 Å². The molecule has 1 saturated heterocycles. The van der Waals surface area contributed by atoms with Crippen LogP contribution in [0.2, 0.25) is 0 Å². The number of carbonyl (C=O) groups excluding carboxylic acids is 3. The van der Waals surface area contributed by atoms with Gasteiger partial charge in [0.1, 0.15) is 0 Å². The molecular weight excluding hydrogens is 387 g/mol. The number of hydrogen-bond donors (Lipinski definition) is 0. The van der Waals surface area contributed by atoms with Crippen molar-refractivity contribution >= 4 is 18.2 Å². The van der Waals surface area contributed by atoms with Crippen LogP contribution in [0.1, 0.15) is 23.2 Å². The van der Waals surface area contributed by atoms with Crippen LogP contribution in [0.5, 0.6) is 0 Å². The van der Waals surface area contributed by atoms with Crippen LogP contribution in [0.3, 0.4) is 0 Å². The van der Waals surface area contributed by atoms with Crippen LogP contribution in [0.25, 0.3) is 0 Å². The number of hydrogen-bond acceptors (Lipinski definition) is 5. The van der Waals surface area contributed by atoms with Crippen molar-refractivity contribution in [3.05, 3.63) is 35.9 Å². The predicted molar refractivity (Wildman–Crippen MR) is 67.8 cm³/mol. The quantitative estimate of drug-likeness (QED) is 0.263. The Morgan fingerprint density at radius 3 is 2.81 bits per heavy atom. The molecular formula is C15H14IO5-. The van der Waals surface area contributed by atoms with E-state index in [0.717, 1.165) is 6.29 Å². The molecule has 3 rings (SSSR count). The zero-order chi connectivity index (χ0) is 14.8. The first-order valence-electron chi connectivity index (χ1n) is 6.73. The Hall–Kier alpha value is -1.44. The van der Waals surface area contributed by atoms with Crippen LogP contribution < -0.4 is 21.6 Å². The minimum atomic E-state index is -0.711. The Bertz CT molecular complexity index is 558. The third kappa shape index (κ3) is 2.95. The van der Waals surface area contributed by atoms with Crippen molar-refractivity contribution in [2.75, 3.05) is 0 Å². The van der Waals surface area contributed by atoms with Gasteiger partial charge in [-0.15, -0.1) is 0 Å². The van der Waals surface area contributed by atoms with E-state index in [1.807, 2.05) is 6.07 Å². The molecule has 1 aromatic carbocycles. The van der Waals surface area contributed by atoms with Gasteiger partial charge >= 0.3 is 133 Å². The first kappa shape index (κ1) is 14.5. The van der Waals surface area contributed by atoms with Crippen molar-refractivity contribution < 1.29 is 43.8 Å². The fourth-order valence-corrected chi connectivity index (χ4v) is 5.47. The van der Waals surface area contributed by atoms with Crippen molar-refractivity contribution in [1.82, 2.24) is 0 Å². The van der Waals surface area contributed by atoms with E-state index in [9.17, 15) is 14.4 Å². The summed E-state index contributed by atoms with van der Waals surface area (Å²) in [6.07, 6.45) is 1.26. The maximum absolute atomic E-state index is 12.1. The number of esters is 1. The molecule has 1 saturated carbocycles. The Morgan fingerprint density at radius 1 is 1.33 bits per heavy atom. The van der Waals surface area contributed by atoms with Gasteiger partial charge in [0.15, 0.2) is 0 Å². The van der Waals surface area contributed by atoms with E-state index in [0.29, 0.717) is 12.0 Å². The molecule has 2 fully saturated rings. The van der Waals surface area contributed by atoms with Crippen LogP contribution in [-0.4, -0.2) is 28.3 Å². The molecule has 0 N–H and O–H groups in total. The summed E-state index contributed by atoms with van der Waals surface area (Å²) in [5.41, 5.74) is 0.471. The number of benzene rings is 1. The van der Waals surface area contributed by atoms with Crippen LogP contribution >= 0.6 is 0 Å². The van der Waals surface area contributed by atoms with Crippen molar-refractivity contribution in [2.45, 2.75) is 22.9 Å². The topological polar surface area (TPSA) is 69.7 Å². The summed E-state index contributed by atoms with van der Waals surface area (Å²) in [5.74, 6) is -1.07. The van der Waals surface area contributed by atoms with Gasteiger partial charge in [-0.3, -0.25) is 0 Å². The van der Waals surface area contributed by atoms with Crippen LogP contribution in [0, 0.1) is 11.8 Å². The van der Waals surface area contributed by atoms with E-state index in [4.69, 9.17) is 7.80 Å². The van der Waals surface area contributed by atoms with Crippen LogP contribution in [0.15, 0.2) is 30.3 Å². The summed E-state index contributed by atoms with van der Waals surface area (Å²) in [7, 11) is 0.